The Bertz CT molecular complexity index is 777. The molecule has 8 nitrogen and oxygen atoms in total. The van der Waals surface area contributed by atoms with Crippen LogP contribution >= 0.6 is 7.82 Å². The Labute approximate surface area is 257 Å². The van der Waals surface area contributed by atoms with Gasteiger partial charge in [-0.3, -0.25) is 13.8 Å². The minimum absolute atomic E-state index is 0.0852. The minimum atomic E-state index is -4.24. The van der Waals surface area contributed by atoms with Crippen LogP contribution in [0, 0.1) is 0 Å². The van der Waals surface area contributed by atoms with Gasteiger partial charge >= 0.3 is 13.8 Å². The number of carbonyl (C=O) groups is 1. The number of ether oxygens (including phenoxy) is 2. The molecule has 0 aromatic heterocycles. The molecule has 246 valence electrons. The van der Waals surface area contributed by atoms with Crippen LogP contribution in [0.2, 0.25) is 0 Å². The van der Waals surface area contributed by atoms with Gasteiger partial charge in [0.15, 0.2) is 0 Å². The van der Waals surface area contributed by atoms with Crippen LogP contribution in [-0.4, -0.2) is 75.6 Å². The van der Waals surface area contributed by atoms with E-state index in [1.54, 1.807) is 0 Å². The molecule has 2 atom stereocenters. The van der Waals surface area contributed by atoms with Crippen LogP contribution < -0.4 is 0 Å². The number of allylic oxidation sites excluding steroid dienone is 6. The fraction of sp³-hybridized carbons (Fsp3) is 0.788. The average Bonchev–Trinajstić information content (AvgIpc) is 2.92. The molecule has 0 aromatic rings. The van der Waals surface area contributed by atoms with Crippen molar-refractivity contribution in [2.45, 2.75) is 116 Å². The second-order valence-corrected chi connectivity index (χ2v) is 13.3. The summed E-state index contributed by atoms with van der Waals surface area (Å²) in [5, 5.41) is 0. The number of carbonyl (C=O) groups excluding carboxylic acids is 1. The van der Waals surface area contributed by atoms with Crippen LogP contribution in [0.3, 0.4) is 0 Å². The molecule has 0 aliphatic heterocycles. The van der Waals surface area contributed by atoms with Crippen LogP contribution in [0.5, 0.6) is 0 Å². The minimum Gasteiger partial charge on any atom is -0.457 e. The number of likely N-dealkylation sites (N-methyl/N-ethyl adjacent to an activating group) is 1. The summed E-state index contributed by atoms with van der Waals surface area (Å²) in [6.07, 6.45) is 28.5. The topological polar surface area (TPSA) is 91.3 Å². The van der Waals surface area contributed by atoms with E-state index < -0.39 is 13.9 Å². The van der Waals surface area contributed by atoms with E-state index in [-0.39, 0.29) is 25.8 Å². The third-order valence-corrected chi connectivity index (χ3v) is 7.45. The van der Waals surface area contributed by atoms with Gasteiger partial charge < -0.3 is 18.9 Å². The summed E-state index contributed by atoms with van der Waals surface area (Å²) in [5.74, 6) is -0.355. The zero-order chi connectivity index (χ0) is 31.4. The smallest absolute Gasteiger partial charge is 0.457 e. The molecule has 0 aliphatic carbocycles. The molecule has 2 unspecified atom stereocenters. The van der Waals surface area contributed by atoms with Crippen LogP contribution in [0.25, 0.3) is 0 Å². The molecule has 1 N–H and O–H groups in total. The van der Waals surface area contributed by atoms with Gasteiger partial charge in [-0.25, -0.2) is 4.57 Å². The molecule has 0 rings (SSSR count). The van der Waals surface area contributed by atoms with Gasteiger partial charge in [0.25, 0.3) is 0 Å². The lowest BCUT2D eigenvalue weighted by molar-refractivity contribution is -0.870. The molecular formula is C33H63NO7P+. The van der Waals surface area contributed by atoms with E-state index in [0.717, 1.165) is 44.9 Å². The molecule has 0 aliphatic rings. The Balaban J connectivity index is 4.00. The maximum atomic E-state index is 12.2. The SMILES string of the molecule is CC/C=C\C/C=C\C/C=C\CCCCCCCCCCOCC(COP(=O)(O)OCC[N+](C)(C)C)OC(=O)CCCC. The largest absolute Gasteiger partial charge is 0.472 e. The molecule has 0 aromatic carbocycles. The zero-order valence-corrected chi connectivity index (χ0v) is 28.4. The van der Waals surface area contributed by atoms with Gasteiger partial charge in [0, 0.05) is 13.0 Å². The molecule has 0 radical (unpaired) electrons. The van der Waals surface area contributed by atoms with E-state index in [4.69, 9.17) is 18.5 Å². The number of unbranched alkanes of at least 4 members (excludes halogenated alkanes) is 9. The second kappa shape index (κ2) is 27.3. The summed E-state index contributed by atoms with van der Waals surface area (Å²) >= 11 is 0. The van der Waals surface area contributed by atoms with Crippen molar-refractivity contribution in [2.24, 2.45) is 0 Å². The molecule has 0 saturated carbocycles. The fourth-order valence-corrected chi connectivity index (χ4v) is 4.64. The van der Waals surface area contributed by atoms with Crippen molar-refractivity contribution < 1.29 is 37.3 Å². The number of phosphoric acid groups is 1. The normalized spacial score (nSPS) is 14.7. The Morgan fingerprint density at radius 1 is 0.762 bits per heavy atom. The van der Waals surface area contributed by atoms with Crippen molar-refractivity contribution in [1.29, 1.82) is 0 Å². The molecule has 42 heavy (non-hydrogen) atoms. The highest BCUT2D eigenvalue weighted by Crippen LogP contribution is 2.43. The molecule has 0 saturated heterocycles. The van der Waals surface area contributed by atoms with Crippen molar-refractivity contribution in [3.63, 3.8) is 0 Å². The first-order chi connectivity index (χ1) is 20.1. The van der Waals surface area contributed by atoms with Crippen LogP contribution in [0.1, 0.15) is 110 Å². The van der Waals surface area contributed by atoms with Gasteiger partial charge in [-0.2, -0.15) is 0 Å². The average molecular weight is 617 g/mol. The zero-order valence-electron chi connectivity index (χ0n) is 27.5. The first-order valence-corrected chi connectivity index (χ1v) is 17.7. The van der Waals surface area contributed by atoms with Crippen molar-refractivity contribution >= 4 is 13.8 Å². The summed E-state index contributed by atoms with van der Waals surface area (Å²) in [7, 11) is 1.65. The summed E-state index contributed by atoms with van der Waals surface area (Å²) in [6, 6.07) is 0. The van der Waals surface area contributed by atoms with Crippen LogP contribution in [0.4, 0.5) is 0 Å². The summed E-state index contributed by atoms with van der Waals surface area (Å²) in [6.45, 7) is 5.22. The maximum absolute atomic E-state index is 12.2. The van der Waals surface area contributed by atoms with Crippen molar-refractivity contribution in [1.82, 2.24) is 0 Å². The molecular weight excluding hydrogens is 553 g/mol. The summed E-state index contributed by atoms with van der Waals surface area (Å²) in [5.41, 5.74) is 0. The summed E-state index contributed by atoms with van der Waals surface area (Å²) < 4.78 is 34.2. The first-order valence-electron chi connectivity index (χ1n) is 16.2. The predicted octanol–water partition coefficient (Wildman–Crippen LogP) is 8.31. The summed E-state index contributed by atoms with van der Waals surface area (Å²) in [4.78, 5) is 22.1. The van der Waals surface area contributed by atoms with Gasteiger partial charge in [-0.15, -0.1) is 0 Å². The van der Waals surface area contributed by atoms with Crippen molar-refractivity contribution in [3.05, 3.63) is 36.5 Å². The highest BCUT2D eigenvalue weighted by Gasteiger charge is 2.26. The number of phosphoric ester groups is 1. The lowest BCUT2D eigenvalue weighted by Crippen LogP contribution is -2.37. The van der Waals surface area contributed by atoms with Crippen molar-refractivity contribution in [2.75, 3.05) is 54.1 Å². The molecule has 0 amide bonds. The van der Waals surface area contributed by atoms with Gasteiger partial charge in [0.2, 0.25) is 0 Å². The monoisotopic (exact) mass is 616 g/mol. The number of hydrogen-bond donors (Lipinski definition) is 1. The second-order valence-electron chi connectivity index (χ2n) is 11.8. The van der Waals surface area contributed by atoms with E-state index in [1.807, 2.05) is 28.1 Å². The number of esters is 1. The standard InChI is InChI=1S/C33H62NO7P/c1-6-8-10-11-12-13-14-15-16-17-18-19-20-21-22-23-24-25-28-38-30-32(41-33(35)26-9-7-2)31-40-42(36,37)39-29-27-34(3,4)5/h8,10,12-13,15-16,32H,6-7,9,11,14,17-31H2,1-5H3/p+1/b10-8-,13-12-,16-15-. The van der Waals surface area contributed by atoms with Crippen LogP contribution in [0.15, 0.2) is 36.5 Å². The van der Waals surface area contributed by atoms with Crippen molar-refractivity contribution in [3.8, 4) is 0 Å². The number of nitrogens with zero attached hydrogens (tertiary/aromatic N) is 1. The van der Waals surface area contributed by atoms with Gasteiger partial charge in [-0.1, -0.05) is 95.2 Å². The molecule has 0 fully saturated rings. The van der Waals surface area contributed by atoms with E-state index in [9.17, 15) is 14.3 Å². The lowest BCUT2D eigenvalue weighted by atomic mass is 10.1. The van der Waals surface area contributed by atoms with Gasteiger partial charge in [-0.05, 0) is 44.9 Å². The number of quaternary nitrogens is 1. The van der Waals surface area contributed by atoms with Crippen LogP contribution in [-0.2, 0) is 27.9 Å². The molecule has 0 bridgehead atoms. The molecule has 9 heteroatoms. The van der Waals surface area contributed by atoms with Gasteiger partial charge in [0.1, 0.15) is 19.3 Å². The van der Waals surface area contributed by atoms with E-state index >= 15 is 0 Å². The molecule has 0 spiro atoms. The third kappa shape index (κ3) is 30.2. The van der Waals surface area contributed by atoms with E-state index in [1.165, 1.54) is 44.9 Å². The Kier molecular flexibility index (Phi) is 26.5. The third-order valence-electron chi connectivity index (χ3n) is 6.47. The Morgan fingerprint density at radius 3 is 1.98 bits per heavy atom. The highest BCUT2D eigenvalue weighted by molar-refractivity contribution is 7.47. The Hall–Kier alpha value is -1.28. The lowest BCUT2D eigenvalue weighted by Gasteiger charge is -2.24. The highest BCUT2D eigenvalue weighted by atomic mass is 31.2. The fourth-order valence-electron chi connectivity index (χ4n) is 3.90. The van der Waals surface area contributed by atoms with Gasteiger partial charge in [0.05, 0.1) is 34.4 Å². The number of hydrogen-bond acceptors (Lipinski definition) is 6. The maximum Gasteiger partial charge on any atom is 0.472 e. The predicted molar refractivity (Wildman–Crippen MR) is 173 cm³/mol. The number of rotatable bonds is 29. The molecule has 0 heterocycles. The van der Waals surface area contributed by atoms with E-state index in [0.29, 0.717) is 24.1 Å². The Morgan fingerprint density at radius 2 is 1.36 bits per heavy atom. The first kappa shape index (κ1) is 40.7. The quantitative estimate of drug-likeness (QED) is 0.0297. The van der Waals surface area contributed by atoms with E-state index in [2.05, 4.69) is 43.4 Å².